The highest BCUT2D eigenvalue weighted by Crippen LogP contribution is 2.27. The molecule has 0 fully saturated rings. The summed E-state index contributed by atoms with van der Waals surface area (Å²) in [7, 11) is -4.09. The van der Waals surface area contributed by atoms with Crippen molar-refractivity contribution in [3.05, 3.63) is 94.5 Å². The van der Waals surface area contributed by atoms with Crippen LogP contribution in [-0.4, -0.2) is 43.8 Å². The fourth-order valence-corrected chi connectivity index (χ4v) is 5.77. The third-order valence-electron chi connectivity index (χ3n) is 6.47. The quantitative estimate of drug-likeness (QED) is 0.331. The summed E-state index contributed by atoms with van der Waals surface area (Å²) in [5.41, 5.74) is 3.05. The van der Waals surface area contributed by atoms with Crippen LogP contribution >= 0.6 is 11.6 Å². The van der Waals surface area contributed by atoms with Crippen molar-refractivity contribution >= 4 is 39.1 Å². The summed E-state index contributed by atoms with van der Waals surface area (Å²) >= 11 is 6.06. The largest absolute Gasteiger partial charge is 0.352 e. The van der Waals surface area contributed by atoms with Crippen molar-refractivity contribution in [3.8, 4) is 0 Å². The number of sulfonamides is 1. The Balaban J connectivity index is 2.07. The van der Waals surface area contributed by atoms with E-state index in [2.05, 4.69) is 5.32 Å². The molecule has 2 amide bonds. The van der Waals surface area contributed by atoms with Crippen molar-refractivity contribution < 1.29 is 18.0 Å². The van der Waals surface area contributed by atoms with Crippen molar-refractivity contribution in [2.75, 3.05) is 10.8 Å². The molecule has 0 saturated heterocycles. The SMILES string of the molecule is CC[C@H](C(=O)NC(C)C)N(Cc1ccc(Cl)cc1)C(=O)CN(c1ccc(C)c(C)c1)S(=O)(=O)c1ccccc1. The summed E-state index contributed by atoms with van der Waals surface area (Å²) in [5.74, 6) is -0.785. The van der Waals surface area contributed by atoms with Gasteiger partial charge in [0.15, 0.2) is 0 Å². The molecule has 7 nitrogen and oxygen atoms in total. The zero-order valence-corrected chi connectivity index (χ0v) is 24.6. The molecule has 3 rings (SSSR count). The van der Waals surface area contributed by atoms with Gasteiger partial charge in [-0.15, -0.1) is 0 Å². The van der Waals surface area contributed by atoms with Crippen LogP contribution in [0.5, 0.6) is 0 Å². The first kappa shape index (κ1) is 30.2. The summed E-state index contributed by atoms with van der Waals surface area (Å²) < 4.78 is 28.8. The lowest BCUT2D eigenvalue weighted by atomic mass is 10.1. The van der Waals surface area contributed by atoms with E-state index in [4.69, 9.17) is 11.6 Å². The molecule has 208 valence electrons. The molecule has 0 aliphatic heterocycles. The Kier molecular flexibility index (Phi) is 10.2. The number of anilines is 1. The molecule has 1 N–H and O–H groups in total. The second kappa shape index (κ2) is 13.1. The van der Waals surface area contributed by atoms with E-state index in [0.717, 1.165) is 21.0 Å². The average molecular weight is 570 g/mol. The van der Waals surface area contributed by atoms with Gasteiger partial charge in [0, 0.05) is 17.6 Å². The number of hydrogen-bond donors (Lipinski definition) is 1. The minimum atomic E-state index is -4.09. The highest BCUT2D eigenvalue weighted by atomic mass is 35.5. The zero-order valence-electron chi connectivity index (χ0n) is 23.0. The molecule has 1 atom stereocenters. The Morgan fingerprint density at radius 1 is 0.923 bits per heavy atom. The van der Waals surface area contributed by atoms with E-state index in [-0.39, 0.29) is 23.4 Å². The number of carbonyl (C=O) groups is 2. The summed E-state index contributed by atoms with van der Waals surface area (Å²) in [6.07, 6.45) is 0.354. The Morgan fingerprint density at radius 3 is 2.13 bits per heavy atom. The molecular weight excluding hydrogens is 534 g/mol. The third-order valence-corrected chi connectivity index (χ3v) is 8.51. The number of nitrogens with one attached hydrogen (secondary N) is 1. The van der Waals surface area contributed by atoms with Crippen molar-refractivity contribution in [2.45, 2.75) is 64.6 Å². The number of hydrogen-bond acceptors (Lipinski definition) is 4. The molecule has 0 radical (unpaired) electrons. The van der Waals surface area contributed by atoms with Gasteiger partial charge in [0.25, 0.3) is 10.0 Å². The van der Waals surface area contributed by atoms with E-state index in [9.17, 15) is 18.0 Å². The molecule has 3 aromatic carbocycles. The standard InChI is InChI=1S/C30H36ClN3O4S/c1-6-28(30(36)32-21(2)3)33(19-24-13-15-25(31)16-14-24)29(35)20-34(26-17-12-22(4)23(5)18-26)39(37,38)27-10-8-7-9-11-27/h7-18,21,28H,6,19-20H2,1-5H3,(H,32,36)/t28-/m1/s1. The highest BCUT2D eigenvalue weighted by Gasteiger charge is 2.33. The number of rotatable bonds is 11. The molecule has 0 saturated carbocycles. The third kappa shape index (κ3) is 7.61. The smallest absolute Gasteiger partial charge is 0.264 e. The number of nitrogens with zero attached hydrogens (tertiary/aromatic N) is 2. The van der Waals surface area contributed by atoms with Crippen molar-refractivity contribution in [2.24, 2.45) is 0 Å². The van der Waals surface area contributed by atoms with Gasteiger partial charge in [-0.2, -0.15) is 0 Å². The van der Waals surface area contributed by atoms with E-state index < -0.39 is 28.5 Å². The first-order valence-corrected chi connectivity index (χ1v) is 14.7. The number of aryl methyl sites for hydroxylation is 2. The molecular formula is C30H36ClN3O4S. The van der Waals surface area contributed by atoms with E-state index in [1.54, 1.807) is 54.6 Å². The molecule has 0 spiro atoms. The van der Waals surface area contributed by atoms with Gasteiger partial charge >= 0.3 is 0 Å². The maximum absolute atomic E-state index is 14.0. The minimum absolute atomic E-state index is 0.0740. The zero-order chi connectivity index (χ0) is 28.7. The fraction of sp³-hybridized carbons (Fsp3) is 0.333. The summed E-state index contributed by atoms with van der Waals surface area (Å²) in [6, 6.07) is 19.4. The monoisotopic (exact) mass is 569 g/mol. The van der Waals surface area contributed by atoms with Gasteiger partial charge in [-0.1, -0.05) is 54.9 Å². The van der Waals surface area contributed by atoms with Crippen LogP contribution < -0.4 is 9.62 Å². The average Bonchev–Trinajstić information content (AvgIpc) is 2.90. The van der Waals surface area contributed by atoms with Gasteiger partial charge in [-0.3, -0.25) is 13.9 Å². The molecule has 0 heterocycles. The van der Waals surface area contributed by atoms with E-state index in [0.29, 0.717) is 17.1 Å². The number of halogens is 1. The van der Waals surface area contributed by atoms with E-state index >= 15 is 0 Å². The summed E-state index contributed by atoms with van der Waals surface area (Å²) in [6.45, 7) is 9.00. The summed E-state index contributed by atoms with van der Waals surface area (Å²) in [4.78, 5) is 28.7. The van der Waals surface area contributed by atoms with Gasteiger partial charge in [0.2, 0.25) is 11.8 Å². The van der Waals surface area contributed by atoms with Crippen molar-refractivity contribution in [1.29, 1.82) is 0 Å². The van der Waals surface area contributed by atoms with E-state index in [1.165, 1.54) is 17.0 Å². The Hall–Kier alpha value is -3.36. The van der Waals surface area contributed by atoms with Crippen LogP contribution in [0.4, 0.5) is 5.69 Å². The summed E-state index contributed by atoms with van der Waals surface area (Å²) in [5, 5.41) is 3.44. The molecule has 9 heteroatoms. The molecule has 0 bridgehead atoms. The van der Waals surface area contributed by atoms with Gasteiger partial charge < -0.3 is 10.2 Å². The van der Waals surface area contributed by atoms with Gasteiger partial charge in [0.05, 0.1) is 10.6 Å². The van der Waals surface area contributed by atoms with Crippen molar-refractivity contribution in [3.63, 3.8) is 0 Å². The topological polar surface area (TPSA) is 86.8 Å². The maximum atomic E-state index is 14.0. The predicted octanol–water partition coefficient (Wildman–Crippen LogP) is 5.48. The van der Waals surface area contributed by atoms with Crippen LogP contribution in [0.2, 0.25) is 5.02 Å². The first-order chi connectivity index (χ1) is 18.4. The number of amides is 2. The van der Waals surface area contributed by atoms with Crippen LogP contribution in [0.25, 0.3) is 0 Å². The number of carbonyl (C=O) groups excluding carboxylic acids is 2. The number of benzene rings is 3. The minimum Gasteiger partial charge on any atom is -0.352 e. The molecule has 39 heavy (non-hydrogen) atoms. The Bertz CT molecular complexity index is 1390. The molecule has 3 aromatic rings. The van der Waals surface area contributed by atoms with Crippen LogP contribution in [0, 0.1) is 13.8 Å². The maximum Gasteiger partial charge on any atom is 0.264 e. The first-order valence-electron chi connectivity index (χ1n) is 12.9. The van der Waals surface area contributed by atoms with Crippen LogP contribution in [0.15, 0.2) is 77.7 Å². The van der Waals surface area contributed by atoms with Gasteiger partial charge in [0.1, 0.15) is 12.6 Å². The molecule has 0 aromatic heterocycles. The lowest BCUT2D eigenvalue weighted by Crippen LogP contribution is -2.53. The van der Waals surface area contributed by atoms with Gasteiger partial charge in [-0.05, 0) is 87.2 Å². The van der Waals surface area contributed by atoms with Crippen LogP contribution in [0.3, 0.4) is 0 Å². The highest BCUT2D eigenvalue weighted by molar-refractivity contribution is 7.92. The van der Waals surface area contributed by atoms with Crippen LogP contribution in [0.1, 0.15) is 43.9 Å². The Labute approximate surface area is 236 Å². The normalized spacial score (nSPS) is 12.2. The second-order valence-corrected chi connectivity index (χ2v) is 12.1. The lowest BCUT2D eigenvalue weighted by molar-refractivity contribution is -0.140. The molecule has 0 aliphatic carbocycles. The van der Waals surface area contributed by atoms with Crippen LogP contribution in [-0.2, 0) is 26.2 Å². The second-order valence-electron chi connectivity index (χ2n) is 9.83. The fourth-order valence-electron chi connectivity index (χ4n) is 4.22. The lowest BCUT2D eigenvalue weighted by Gasteiger charge is -2.33. The van der Waals surface area contributed by atoms with E-state index in [1.807, 2.05) is 40.7 Å². The predicted molar refractivity (Wildman–Crippen MR) is 156 cm³/mol. The molecule has 0 aliphatic rings. The molecule has 0 unspecified atom stereocenters. The van der Waals surface area contributed by atoms with Crippen molar-refractivity contribution in [1.82, 2.24) is 10.2 Å². The van der Waals surface area contributed by atoms with Gasteiger partial charge in [-0.25, -0.2) is 8.42 Å². The Morgan fingerprint density at radius 2 is 1.56 bits per heavy atom.